The summed E-state index contributed by atoms with van der Waals surface area (Å²) in [6.07, 6.45) is 7.14. The molecule has 0 atom stereocenters. The normalized spacial score (nSPS) is 14.5. The lowest BCUT2D eigenvalue weighted by atomic mass is 9.88. The van der Waals surface area contributed by atoms with Crippen molar-refractivity contribution in [2.24, 2.45) is 5.10 Å². The molecule has 1 heterocycles. The Hall–Kier alpha value is -2.00. The molecule has 0 unspecified atom stereocenters. The van der Waals surface area contributed by atoms with Crippen molar-refractivity contribution in [3.8, 4) is 5.75 Å². The molecule has 0 spiro atoms. The molecule has 1 saturated carbocycles. The molecule has 1 aliphatic carbocycles. The van der Waals surface area contributed by atoms with E-state index in [2.05, 4.69) is 52.9 Å². The molecular formula is C28H23Br3ClN3O2. The molecule has 5 rings (SSSR count). The molecule has 0 N–H and O–H groups in total. The molecule has 0 aliphatic heterocycles. The van der Waals surface area contributed by atoms with Crippen LogP contribution in [-0.4, -0.2) is 15.9 Å². The van der Waals surface area contributed by atoms with Crippen LogP contribution < -0.4 is 10.3 Å². The number of halogens is 4. The van der Waals surface area contributed by atoms with Gasteiger partial charge in [-0.25, -0.2) is 4.98 Å². The van der Waals surface area contributed by atoms with Gasteiger partial charge in [0, 0.05) is 14.9 Å². The maximum Gasteiger partial charge on any atom is 0.282 e. The van der Waals surface area contributed by atoms with Gasteiger partial charge in [0.2, 0.25) is 0 Å². The van der Waals surface area contributed by atoms with E-state index in [1.807, 2.05) is 42.5 Å². The average Bonchev–Trinajstić information content (AvgIpc) is 2.89. The van der Waals surface area contributed by atoms with Crippen LogP contribution in [-0.2, 0) is 6.61 Å². The minimum atomic E-state index is -0.178. The van der Waals surface area contributed by atoms with Crippen molar-refractivity contribution in [2.45, 2.75) is 44.6 Å². The number of rotatable bonds is 6. The summed E-state index contributed by atoms with van der Waals surface area (Å²) in [7, 11) is 0. The van der Waals surface area contributed by atoms with E-state index in [-0.39, 0.29) is 11.5 Å². The maximum absolute atomic E-state index is 13.5. The van der Waals surface area contributed by atoms with E-state index in [9.17, 15) is 4.79 Å². The predicted octanol–water partition coefficient (Wildman–Crippen LogP) is 8.85. The number of nitrogens with zero attached hydrogens (tertiary/aromatic N) is 3. The summed E-state index contributed by atoms with van der Waals surface area (Å²) >= 11 is 17.1. The van der Waals surface area contributed by atoms with Gasteiger partial charge in [0.15, 0.2) is 5.75 Å². The van der Waals surface area contributed by atoms with Gasteiger partial charge in [0.25, 0.3) is 5.56 Å². The van der Waals surface area contributed by atoms with Crippen LogP contribution in [0.2, 0.25) is 5.02 Å². The molecular weight excluding hydrogens is 685 g/mol. The monoisotopic (exact) mass is 705 g/mol. The second kappa shape index (κ2) is 11.8. The van der Waals surface area contributed by atoms with E-state index in [1.54, 1.807) is 18.3 Å². The number of hydrogen-bond donors (Lipinski definition) is 0. The Kier molecular flexibility index (Phi) is 8.49. The molecule has 37 heavy (non-hydrogen) atoms. The molecule has 4 aromatic rings. The summed E-state index contributed by atoms with van der Waals surface area (Å²) < 4.78 is 9.99. The Labute approximate surface area is 245 Å². The maximum atomic E-state index is 13.5. The minimum Gasteiger partial charge on any atom is -0.486 e. The second-order valence-electron chi connectivity index (χ2n) is 9.06. The predicted molar refractivity (Wildman–Crippen MR) is 160 cm³/mol. The molecule has 1 aliphatic rings. The highest BCUT2D eigenvalue weighted by Crippen LogP contribution is 2.35. The molecule has 0 saturated heterocycles. The van der Waals surface area contributed by atoms with Crippen LogP contribution in [0.4, 0.5) is 0 Å². The Morgan fingerprint density at radius 2 is 1.73 bits per heavy atom. The molecule has 190 valence electrons. The Morgan fingerprint density at radius 3 is 2.46 bits per heavy atom. The smallest absolute Gasteiger partial charge is 0.282 e. The zero-order valence-electron chi connectivity index (χ0n) is 19.8. The van der Waals surface area contributed by atoms with E-state index in [1.165, 1.54) is 11.1 Å². The van der Waals surface area contributed by atoms with Crippen molar-refractivity contribution in [2.75, 3.05) is 0 Å². The van der Waals surface area contributed by atoms with Crippen LogP contribution in [0.15, 0.2) is 77.9 Å². The number of hydrogen-bond acceptors (Lipinski definition) is 4. The highest BCUT2D eigenvalue weighted by molar-refractivity contribution is 9.11. The Balaban J connectivity index is 1.47. The number of aromatic nitrogens is 2. The number of benzene rings is 3. The first-order chi connectivity index (χ1) is 17.9. The Morgan fingerprint density at radius 1 is 1.00 bits per heavy atom. The van der Waals surface area contributed by atoms with Gasteiger partial charge >= 0.3 is 0 Å². The zero-order valence-corrected chi connectivity index (χ0v) is 25.3. The van der Waals surface area contributed by atoms with Gasteiger partial charge in [0.1, 0.15) is 12.4 Å². The van der Waals surface area contributed by atoms with Gasteiger partial charge in [-0.1, -0.05) is 74.9 Å². The highest BCUT2D eigenvalue weighted by atomic mass is 79.9. The molecule has 0 radical (unpaired) electrons. The fourth-order valence-electron chi connectivity index (χ4n) is 4.56. The molecule has 0 bridgehead atoms. The van der Waals surface area contributed by atoms with Crippen molar-refractivity contribution in [3.05, 3.63) is 100 Å². The molecule has 3 aromatic carbocycles. The van der Waals surface area contributed by atoms with Crippen LogP contribution in [0.25, 0.3) is 10.9 Å². The summed E-state index contributed by atoms with van der Waals surface area (Å²) in [5.41, 5.74) is 2.28. The van der Waals surface area contributed by atoms with Crippen molar-refractivity contribution < 1.29 is 4.74 Å². The third-order valence-electron chi connectivity index (χ3n) is 6.44. The summed E-state index contributed by atoms with van der Waals surface area (Å²) in [4.78, 5) is 18.4. The average molecular weight is 709 g/mol. The third kappa shape index (κ3) is 6.19. The van der Waals surface area contributed by atoms with Gasteiger partial charge in [-0.2, -0.15) is 9.78 Å². The van der Waals surface area contributed by atoms with Crippen molar-refractivity contribution in [1.82, 2.24) is 9.66 Å². The SMILES string of the molecule is O=c1c2cc(Br)ccc2nc(C2CCCCC2)n1N=Cc1cc(Cl)c(OCc2ccc(Br)cc2)c(Br)c1. The van der Waals surface area contributed by atoms with E-state index in [0.29, 0.717) is 32.8 Å². The van der Waals surface area contributed by atoms with E-state index in [4.69, 9.17) is 21.3 Å². The minimum absolute atomic E-state index is 0.178. The van der Waals surface area contributed by atoms with E-state index < -0.39 is 0 Å². The molecule has 0 amide bonds. The summed E-state index contributed by atoms with van der Waals surface area (Å²) in [5.74, 6) is 1.48. The first-order valence-electron chi connectivity index (χ1n) is 12.0. The van der Waals surface area contributed by atoms with E-state index >= 15 is 0 Å². The largest absolute Gasteiger partial charge is 0.486 e. The lowest BCUT2D eigenvalue weighted by Gasteiger charge is -2.22. The van der Waals surface area contributed by atoms with Crippen LogP contribution in [0.5, 0.6) is 5.75 Å². The fourth-order valence-corrected chi connectivity index (χ4v) is 6.17. The second-order valence-corrected chi connectivity index (χ2v) is 12.1. The van der Waals surface area contributed by atoms with E-state index in [0.717, 1.165) is 51.6 Å². The molecule has 5 nitrogen and oxygen atoms in total. The first-order valence-corrected chi connectivity index (χ1v) is 14.8. The van der Waals surface area contributed by atoms with Crippen LogP contribution in [0, 0.1) is 0 Å². The standard InChI is InChI=1S/C28H23Br3ClN3O2/c29-20-8-6-17(7-9-20)16-37-26-23(31)12-18(13-24(26)32)15-33-35-27(19-4-2-1-3-5-19)34-25-11-10-21(30)14-22(25)28(35)36/h6-15,19H,1-5,16H2. The molecule has 9 heteroatoms. The Bertz CT molecular complexity index is 1510. The van der Waals surface area contributed by atoms with Crippen LogP contribution in [0.1, 0.15) is 55.0 Å². The third-order valence-corrected chi connectivity index (χ3v) is 8.33. The fraction of sp³-hybridized carbons (Fsp3) is 0.250. The summed E-state index contributed by atoms with van der Waals surface area (Å²) in [6.45, 7) is 0.386. The van der Waals surface area contributed by atoms with Gasteiger partial charge in [0.05, 0.1) is 26.6 Å². The lowest BCUT2D eigenvalue weighted by molar-refractivity contribution is 0.304. The van der Waals surface area contributed by atoms with Gasteiger partial charge in [-0.3, -0.25) is 4.79 Å². The first kappa shape index (κ1) is 26.6. The topological polar surface area (TPSA) is 56.5 Å². The van der Waals surface area contributed by atoms with Crippen molar-refractivity contribution >= 4 is 76.5 Å². The van der Waals surface area contributed by atoms with Gasteiger partial charge in [-0.15, -0.1) is 0 Å². The molecule has 1 aromatic heterocycles. The summed E-state index contributed by atoms with van der Waals surface area (Å²) in [5, 5.41) is 5.60. The summed E-state index contributed by atoms with van der Waals surface area (Å²) in [6, 6.07) is 17.2. The molecule has 1 fully saturated rings. The van der Waals surface area contributed by atoms with Gasteiger partial charge < -0.3 is 4.74 Å². The van der Waals surface area contributed by atoms with Crippen molar-refractivity contribution in [3.63, 3.8) is 0 Å². The van der Waals surface area contributed by atoms with Crippen molar-refractivity contribution in [1.29, 1.82) is 0 Å². The number of fused-ring (bicyclic) bond motifs is 1. The van der Waals surface area contributed by atoms with Gasteiger partial charge in [-0.05, 0) is 82.4 Å². The number of ether oxygens (including phenoxy) is 1. The highest BCUT2D eigenvalue weighted by Gasteiger charge is 2.22. The lowest BCUT2D eigenvalue weighted by Crippen LogP contribution is -2.25. The van der Waals surface area contributed by atoms with Crippen LogP contribution in [0.3, 0.4) is 0 Å². The zero-order chi connectivity index (χ0) is 25.9. The quantitative estimate of drug-likeness (QED) is 0.188. The van der Waals surface area contributed by atoms with Crippen LogP contribution >= 0.6 is 59.4 Å².